The summed E-state index contributed by atoms with van der Waals surface area (Å²) in [6, 6.07) is 0. The predicted molar refractivity (Wildman–Crippen MR) is 62.9 cm³/mol. The van der Waals surface area contributed by atoms with Crippen LogP contribution >= 0.6 is 11.3 Å². The number of hydrogen-bond acceptors (Lipinski definition) is 3. The fraction of sp³-hybridized carbons (Fsp3) is 0.583. The van der Waals surface area contributed by atoms with Gasteiger partial charge in [-0.05, 0) is 18.3 Å². The van der Waals surface area contributed by atoms with Crippen LogP contribution in [0.25, 0.3) is 0 Å². The van der Waals surface area contributed by atoms with Crippen molar-refractivity contribution in [1.29, 1.82) is 0 Å². The molecule has 82 valence electrons. The number of hydrogen-bond donors (Lipinski definition) is 1. The molecule has 0 spiro atoms. The lowest BCUT2D eigenvalue weighted by Crippen LogP contribution is -2.34. The van der Waals surface area contributed by atoms with E-state index in [2.05, 4.69) is 24.9 Å². The van der Waals surface area contributed by atoms with E-state index in [9.17, 15) is 5.11 Å². The number of allylic oxidation sites excluding steroid dienone is 1. The first kappa shape index (κ1) is 10.8. The molecule has 1 aliphatic carbocycles. The third-order valence-electron chi connectivity index (χ3n) is 2.99. The summed E-state index contributed by atoms with van der Waals surface area (Å²) >= 11 is 1.61. The van der Waals surface area contributed by atoms with Crippen LogP contribution in [0.4, 0.5) is 0 Å². The van der Waals surface area contributed by atoms with E-state index in [1.807, 2.05) is 11.5 Å². The molecule has 0 bridgehead atoms. The predicted octanol–water partition coefficient (Wildman–Crippen LogP) is 2.79. The molecule has 1 aromatic heterocycles. The van der Waals surface area contributed by atoms with Gasteiger partial charge in [0.25, 0.3) is 0 Å². The highest BCUT2D eigenvalue weighted by Crippen LogP contribution is 2.36. The molecule has 0 saturated carbocycles. The molecular formula is C12H17NOS. The van der Waals surface area contributed by atoms with Crippen LogP contribution in [0, 0.1) is 5.41 Å². The molecule has 0 amide bonds. The maximum Gasteiger partial charge on any atom is 0.0956 e. The molecule has 15 heavy (non-hydrogen) atoms. The van der Waals surface area contributed by atoms with Crippen molar-refractivity contribution in [2.75, 3.05) is 0 Å². The van der Waals surface area contributed by atoms with Gasteiger partial charge in [-0.3, -0.25) is 0 Å². The summed E-state index contributed by atoms with van der Waals surface area (Å²) in [6.07, 6.45) is 8.39. The fourth-order valence-electron chi connectivity index (χ4n) is 1.84. The smallest absolute Gasteiger partial charge is 0.0956 e. The van der Waals surface area contributed by atoms with Gasteiger partial charge < -0.3 is 5.11 Å². The van der Waals surface area contributed by atoms with Gasteiger partial charge in [-0.1, -0.05) is 26.0 Å². The molecule has 1 heterocycles. The Morgan fingerprint density at radius 3 is 2.73 bits per heavy atom. The van der Waals surface area contributed by atoms with Crippen LogP contribution in [0.15, 0.2) is 23.7 Å². The van der Waals surface area contributed by atoms with Gasteiger partial charge in [0, 0.05) is 18.0 Å². The SMILES string of the molecule is CC1(C)C=CC(O)(Cc2nccs2)CC1. The summed E-state index contributed by atoms with van der Waals surface area (Å²) in [5.74, 6) is 0. The molecule has 0 aliphatic heterocycles. The maximum atomic E-state index is 10.4. The first-order chi connectivity index (χ1) is 6.99. The lowest BCUT2D eigenvalue weighted by atomic mass is 9.76. The van der Waals surface area contributed by atoms with Crippen LogP contribution in [-0.4, -0.2) is 15.7 Å². The number of nitrogens with zero attached hydrogens (tertiary/aromatic N) is 1. The second-order valence-corrected chi connectivity index (χ2v) is 6.01. The summed E-state index contributed by atoms with van der Waals surface area (Å²) in [5, 5.41) is 13.3. The van der Waals surface area contributed by atoms with Gasteiger partial charge in [-0.25, -0.2) is 4.98 Å². The first-order valence-electron chi connectivity index (χ1n) is 5.30. The Morgan fingerprint density at radius 1 is 1.40 bits per heavy atom. The molecule has 1 aliphatic rings. The lowest BCUT2D eigenvalue weighted by Gasteiger charge is -2.34. The molecule has 2 nitrogen and oxygen atoms in total. The van der Waals surface area contributed by atoms with Crippen molar-refractivity contribution in [3.8, 4) is 0 Å². The number of aliphatic hydroxyl groups is 1. The Balaban J connectivity index is 2.09. The monoisotopic (exact) mass is 223 g/mol. The van der Waals surface area contributed by atoms with E-state index in [4.69, 9.17) is 0 Å². The highest BCUT2D eigenvalue weighted by Gasteiger charge is 2.32. The molecule has 1 unspecified atom stereocenters. The fourth-order valence-corrected chi connectivity index (χ4v) is 2.57. The highest BCUT2D eigenvalue weighted by molar-refractivity contribution is 7.09. The van der Waals surface area contributed by atoms with Crippen molar-refractivity contribution in [3.63, 3.8) is 0 Å². The maximum absolute atomic E-state index is 10.4. The minimum absolute atomic E-state index is 0.231. The number of rotatable bonds is 2. The Hall–Kier alpha value is -0.670. The van der Waals surface area contributed by atoms with Crippen molar-refractivity contribution in [2.45, 2.75) is 38.7 Å². The zero-order valence-corrected chi connectivity index (χ0v) is 10.0. The number of thiazole rings is 1. The largest absolute Gasteiger partial charge is 0.385 e. The molecular weight excluding hydrogens is 206 g/mol. The average Bonchev–Trinajstić information content (AvgIpc) is 2.64. The molecule has 0 saturated heterocycles. The molecule has 1 N–H and O–H groups in total. The van der Waals surface area contributed by atoms with E-state index >= 15 is 0 Å². The van der Waals surface area contributed by atoms with Gasteiger partial charge in [0.2, 0.25) is 0 Å². The molecule has 0 fully saturated rings. The molecule has 0 radical (unpaired) electrons. The van der Waals surface area contributed by atoms with E-state index in [1.54, 1.807) is 17.5 Å². The van der Waals surface area contributed by atoms with E-state index in [0.717, 1.165) is 17.8 Å². The Kier molecular flexibility index (Phi) is 2.69. The van der Waals surface area contributed by atoms with Crippen LogP contribution in [-0.2, 0) is 6.42 Å². The van der Waals surface area contributed by atoms with Gasteiger partial charge in [0.1, 0.15) is 0 Å². The Bertz CT molecular complexity index is 356. The van der Waals surface area contributed by atoms with Crippen LogP contribution < -0.4 is 0 Å². The third-order valence-corrected chi connectivity index (χ3v) is 3.77. The Labute approximate surface area is 94.7 Å². The van der Waals surface area contributed by atoms with Crippen LogP contribution in [0.3, 0.4) is 0 Å². The summed E-state index contributed by atoms with van der Waals surface area (Å²) in [7, 11) is 0. The van der Waals surface area contributed by atoms with Gasteiger partial charge in [0.05, 0.1) is 10.6 Å². The first-order valence-corrected chi connectivity index (χ1v) is 6.18. The quantitative estimate of drug-likeness (QED) is 0.782. The van der Waals surface area contributed by atoms with Gasteiger partial charge in [-0.2, -0.15) is 0 Å². The van der Waals surface area contributed by atoms with E-state index in [-0.39, 0.29) is 5.41 Å². The van der Waals surface area contributed by atoms with Gasteiger partial charge >= 0.3 is 0 Å². The molecule has 2 rings (SSSR count). The highest BCUT2D eigenvalue weighted by atomic mass is 32.1. The lowest BCUT2D eigenvalue weighted by molar-refractivity contribution is 0.0609. The van der Waals surface area contributed by atoms with E-state index < -0.39 is 5.60 Å². The van der Waals surface area contributed by atoms with E-state index in [1.165, 1.54) is 0 Å². The third kappa shape index (κ3) is 2.67. The average molecular weight is 223 g/mol. The van der Waals surface area contributed by atoms with Crippen molar-refractivity contribution in [1.82, 2.24) is 4.98 Å². The standard InChI is InChI=1S/C12H17NOS/c1-11(2)3-5-12(14,6-4-11)9-10-13-7-8-15-10/h3,5,7-8,14H,4,6,9H2,1-2H3. The van der Waals surface area contributed by atoms with Crippen LogP contribution in [0.2, 0.25) is 0 Å². The molecule has 1 atom stereocenters. The molecule has 0 aromatic carbocycles. The van der Waals surface area contributed by atoms with Crippen LogP contribution in [0.5, 0.6) is 0 Å². The van der Waals surface area contributed by atoms with Gasteiger partial charge in [0.15, 0.2) is 0 Å². The second kappa shape index (κ2) is 3.72. The van der Waals surface area contributed by atoms with Gasteiger partial charge in [-0.15, -0.1) is 11.3 Å². The minimum Gasteiger partial charge on any atom is -0.385 e. The topological polar surface area (TPSA) is 33.1 Å². The summed E-state index contributed by atoms with van der Waals surface area (Å²) in [4.78, 5) is 4.22. The van der Waals surface area contributed by atoms with E-state index in [0.29, 0.717) is 6.42 Å². The van der Waals surface area contributed by atoms with Crippen LogP contribution in [0.1, 0.15) is 31.7 Å². The second-order valence-electron chi connectivity index (χ2n) is 5.03. The minimum atomic E-state index is -0.673. The van der Waals surface area contributed by atoms with Crippen molar-refractivity contribution >= 4 is 11.3 Å². The molecule has 3 heteroatoms. The Morgan fingerprint density at radius 2 is 2.20 bits per heavy atom. The van der Waals surface area contributed by atoms with Crippen molar-refractivity contribution < 1.29 is 5.11 Å². The summed E-state index contributed by atoms with van der Waals surface area (Å²) < 4.78 is 0. The zero-order chi connectivity index (χ0) is 10.9. The normalized spacial score (nSPS) is 29.3. The summed E-state index contributed by atoms with van der Waals surface area (Å²) in [5.41, 5.74) is -0.442. The zero-order valence-electron chi connectivity index (χ0n) is 9.23. The molecule has 1 aromatic rings. The summed E-state index contributed by atoms with van der Waals surface area (Å²) in [6.45, 7) is 4.40. The van der Waals surface area contributed by atoms with Crippen molar-refractivity contribution in [2.24, 2.45) is 5.41 Å². The van der Waals surface area contributed by atoms with Crippen molar-refractivity contribution in [3.05, 3.63) is 28.7 Å². The number of aromatic nitrogens is 1.